The minimum Gasteiger partial charge on any atom is -0.393 e. The molecule has 1 saturated carbocycles. The predicted molar refractivity (Wildman–Crippen MR) is 96.4 cm³/mol. The molecule has 132 valence electrons. The molecule has 0 saturated heterocycles. The van der Waals surface area contributed by atoms with Gasteiger partial charge >= 0.3 is 0 Å². The third-order valence-electron chi connectivity index (χ3n) is 4.82. The molecule has 1 fully saturated rings. The fourth-order valence-corrected chi connectivity index (χ4v) is 4.05. The largest absolute Gasteiger partial charge is 0.393 e. The third-order valence-corrected chi connectivity index (χ3v) is 6.53. The van der Waals surface area contributed by atoms with Gasteiger partial charge in [-0.1, -0.05) is 19.6 Å². The summed E-state index contributed by atoms with van der Waals surface area (Å²) in [6.45, 7) is 8.09. The van der Waals surface area contributed by atoms with Crippen molar-refractivity contribution in [1.29, 1.82) is 0 Å². The van der Waals surface area contributed by atoms with Crippen LogP contribution in [0.2, 0.25) is 25.7 Å². The molecule has 2 aromatic heterocycles. The lowest BCUT2D eigenvalue weighted by atomic mass is 9.98. The minimum atomic E-state index is -1.10. The summed E-state index contributed by atoms with van der Waals surface area (Å²) in [6.07, 6.45) is 5.36. The normalized spacial score (nSPS) is 21.7. The Kier molecular flexibility index (Phi) is 5.08. The van der Waals surface area contributed by atoms with E-state index in [9.17, 15) is 9.50 Å². The molecule has 0 aliphatic heterocycles. The van der Waals surface area contributed by atoms with E-state index in [0.717, 1.165) is 25.5 Å². The number of halogens is 1. The van der Waals surface area contributed by atoms with Gasteiger partial charge in [-0.25, -0.2) is 9.37 Å². The Hall–Kier alpha value is -1.24. The van der Waals surface area contributed by atoms with Crippen LogP contribution in [-0.4, -0.2) is 35.4 Å². The Morgan fingerprint density at radius 3 is 2.83 bits per heavy atom. The molecule has 0 bridgehead atoms. The van der Waals surface area contributed by atoms with E-state index < -0.39 is 8.07 Å². The maximum absolute atomic E-state index is 14.8. The highest BCUT2D eigenvalue weighted by Gasteiger charge is 2.27. The van der Waals surface area contributed by atoms with Crippen molar-refractivity contribution in [3.63, 3.8) is 0 Å². The molecule has 24 heavy (non-hydrogen) atoms. The number of pyridine rings is 1. The van der Waals surface area contributed by atoms with Crippen molar-refractivity contribution in [2.24, 2.45) is 0 Å². The lowest BCUT2D eigenvalue weighted by Crippen LogP contribution is -2.22. The quantitative estimate of drug-likeness (QED) is 0.630. The zero-order valence-electron chi connectivity index (χ0n) is 14.8. The molecule has 4 nitrogen and oxygen atoms in total. The first-order valence-corrected chi connectivity index (χ1v) is 12.4. The van der Waals surface area contributed by atoms with Gasteiger partial charge in [0.05, 0.1) is 11.5 Å². The Balaban J connectivity index is 1.72. The number of rotatable bonds is 6. The molecule has 2 atom stereocenters. The van der Waals surface area contributed by atoms with Crippen LogP contribution >= 0.6 is 0 Å². The molecule has 2 aromatic rings. The number of aliphatic hydroxyl groups is 1. The van der Waals surface area contributed by atoms with Gasteiger partial charge in [0.2, 0.25) is 0 Å². The van der Waals surface area contributed by atoms with Gasteiger partial charge in [0, 0.05) is 32.6 Å². The third kappa shape index (κ3) is 3.87. The van der Waals surface area contributed by atoms with Crippen LogP contribution in [-0.2, 0) is 11.5 Å². The van der Waals surface area contributed by atoms with Crippen LogP contribution in [0.25, 0.3) is 11.0 Å². The first-order valence-electron chi connectivity index (χ1n) is 8.74. The molecular formula is C18H27FN2O2Si. The van der Waals surface area contributed by atoms with E-state index in [2.05, 4.69) is 24.6 Å². The van der Waals surface area contributed by atoms with E-state index in [-0.39, 0.29) is 17.8 Å². The first kappa shape index (κ1) is 17.6. The Morgan fingerprint density at radius 2 is 2.17 bits per heavy atom. The van der Waals surface area contributed by atoms with Crippen molar-refractivity contribution >= 4 is 19.1 Å². The van der Waals surface area contributed by atoms with Gasteiger partial charge in [-0.15, -0.1) is 0 Å². The van der Waals surface area contributed by atoms with Crippen molar-refractivity contribution < 1.29 is 14.2 Å². The summed E-state index contributed by atoms with van der Waals surface area (Å²) in [7, 11) is -1.10. The van der Waals surface area contributed by atoms with Crippen molar-refractivity contribution in [3.8, 4) is 0 Å². The zero-order valence-corrected chi connectivity index (χ0v) is 15.8. The van der Waals surface area contributed by atoms with Crippen LogP contribution < -0.4 is 0 Å². The molecule has 0 radical (unpaired) electrons. The van der Waals surface area contributed by atoms with Gasteiger partial charge in [0.1, 0.15) is 18.2 Å². The van der Waals surface area contributed by atoms with Gasteiger partial charge < -0.3 is 14.4 Å². The van der Waals surface area contributed by atoms with Crippen LogP contribution in [0.5, 0.6) is 0 Å². The maximum Gasteiger partial charge on any atom is 0.144 e. The summed E-state index contributed by atoms with van der Waals surface area (Å²) < 4.78 is 22.4. The molecule has 1 aliphatic carbocycles. The van der Waals surface area contributed by atoms with Gasteiger partial charge in [-0.05, 0) is 37.3 Å². The summed E-state index contributed by atoms with van der Waals surface area (Å²) in [6, 6.07) is 2.89. The number of hydrogen-bond donors (Lipinski definition) is 1. The molecule has 6 heteroatoms. The Labute approximate surface area is 143 Å². The molecule has 3 rings (SSSR count). The predicted octanol–water partition coefficient (Wildman–Crippen LogP) is 4.12. The molecule has 2 unspecified atom stereocenters. The van der Waals surface area contributed by atoms with Crippen molar-refractivity contribution in [2.45, 2.75) is 63.7 Å². The second-order valence-corrected chi connectivity index (χ2v) is 13.7. The maximum atomic E-state index is 14.8. The van der Waals surface area contributed by atoms with Gasteiger partial charge in [0.15, 0.2) is 0 Å². The Morgan fingerprint density at radius 1 is 1.38 bits per heavy atom. The number of fused-ring (bicyclic) bond motifs is 1. The van der Waals surface area contributed by atoms with E-state index in [0.29, 0.717) is 29.7 Å². The molecule has 1 N–H and O–H groups in total. The van der Waals surface area contributed by atoms with E-state index in [1.165, 1.54) is 0 Å². The molecular weight excluding hydrogens is 323 g/mol. The van der Waals surface area contributed by atoms with Crippen LogP contribution in [0.1, 0.15) is 30.7 Å². The summed E-state index contributed by atoms with van der Waals surface area (Å²) in [5, 5.41) is 10.2. The first-order chi connectivity index (χ1) is 11.3. The molecule has 1 aliphatic rings. The topological polar surface area (TPSA) is 47.3 Å². The van der Waals surface area contributed by atoms with Gasteiger partial charge in [-0.3, -0.25) is 0 Å². The second kappa shape index (κ2) is 6.94. The number of ether oxygens (including phenoxy) is 1. The fourth-order valence-electron chi connectivity index (χ4n) is 3.29. The fraction of sp³-hybridized carbons (Fsp3) is 0.611. The van der Waals surface area contributed by atoms with Crippen LogP contribution in [0, 0.1) is 5.82 Å². The zero-order chi connectivity index (χ0) is 17.3. The van der Waals surface area contributed by atoms with E-state index in [1.54, 1.807) is 12.3 Å². The van der Waals surface area contributed by atoms with Crippen molar-refractivity contribution in [2.75, 3.05) is 6.61 Å². The highest BCUT2D eigenvalue weighted by Crippen LogP contribution is 2.37. The van der Waals surface area contributed by atoms with Crippen LogP contribution in [0.15, 0.2) is 18.5 Å². The van der Waals surface area contributed by atoms with Crippen LogP contribution in [0.4, 0.5) is 4.39 Å². The van der Waals surface area contributed by atoms with E-state index in [1.807, 2.05) is 10.8 Å². The smallest absolute Gasteiger partial charge is 0.144 e. The summed E-state index contributed by atoms with van der Waals surface area (Å²) in [5.41, 5.74) is 1.26. The number of hydrogen-bond acceptors (Lipinski definition) is 3. The Bertz CT molecular complexity index is 711. The molecule has 0 spiro atoms. The average Bonchev–Trinajstić information content (AvgIpc) is 3.10. The van der Waals surface area contributed by atoms with Crippen molar-refractivity contribution in [1.82, 2.24) is 9.55 Å². The summed E-state index contributed by atoms with van der Waals surface area (Å²) in [5.74, 6) is -0.117. The van der Waals surface area contributed by atoms with E-state index in [4.69, 9.17) is 4.74 Å². The van der Waals surface area contributed by atoms with Crippen molar-refractivity contribution in [3.05, 3.63) is 29.8 Å². The summed E-state index contributed by atoms with van der Waals surface area (Å²) in [4.78, 5) is 4.47. The summed E-state index contributed by atoms with van der Waals surface area (Å²) >= 11 is 0. The molecule has 2 heterocycles. The standard InChI is InChI=1S/C18H27FN2O2Si/c1-24(2,3)9-8-23-12-21-7-6-15-17(19)16(11-20-18(15)21)13-4-5-14(22)10-13/h6-7,11,13-14,22H,4-5,8-10,12H2,1-3H3. The lowest BCUT2D eigenvalue weighted by molar-refractivity contribution is 0.0899. The minimum absolute atomic E-state index is 0.0771. The van der Waals surface area contributed by atoms with Crippen LogP contribution in [0.3, 0.4) is 0 Å². The lowest BCUT2D eigenvalue weighted by Gasteiger charge is -2.16. The monoisotopic (exact) mass is 350 g/mol. The van der Waals surface area contributed by atoms with Gasteiger partial charge in [-0.2, -0.15) is 0 Å². The van der Waals surface area contributed by atoms with E-state index >= 15 is 0 Å². The number of aliphatic hydroxyl groups excluding tert-OH is 1. The molecule has 0 amide bonds. The average molecular weight is 351 g/mol. The number of nitrogens with zero attached hydrogens (tertiary/aromatic N) is 2. The molecule has 0 aromatic carbocycles. The number of aromatic nitrogens is 2. The highest BCUT2D eigenvalue weighted by atomic mass is 28.3. The second-order valence-electron chi connectivity index (χ2n) is 8.06. The SMILES string of the molecule is C[Si](C)(C)CCOCn1ccc2c(F)c(C3CCC(O)C3)cnc21. The highest BCUT2D eigenvalue weighted by molar-refractivity contribution is 6.76. The van der Waals surface area contributed by atoms with Gasteiger partial charge in [0.25, 0.3) is 0 Å².